The highest BCUT2D eigenvalue weighted by Gasteiger charge is 2.21. The van der Waals surface area contributed by atoms with Crippen molar-refractivity contribution in [1.29, 1.82) is 0 Å². The Kier molecular flexibility index (Phi) is 5.20. The molecule has 2 rings (SSSR count). The van der Waals surface area contributed by atoms with Crippen molar-refractivity contribution in [3.8, 4) is 0 Å². The van der Waals surface area contributed by atoms with Crippen molar-refractivity contribution in [3.63, 3.8) is 0 Å². The van der Waals surface area contributed by atoms with Crippen molar-refractivity contribution in [2.24, 2.45) is 0 Å². The number of aliphatic hydroxyl groups is 1. The highest BCUT2D eigenvalue weighted by atomic mass is 79.9. The third-order valence-electron chi connectivity index (χ3n) is 3.30. The number of H-pyrrole nitrogens is 1. The summed E-state index contributed by atoms with van der Waals surface area (Å²) < 4.78 is 0.789. The zero-order chi connectivity index (χ0) is 14.5. The number of aromatic nitrogens is 1. The largest absolute Gasteiger partial charge is 0.395 e. The number of nitrogens with zero attached hydrogens (tertiary/aromatic N) is 1. The van der Waals surface area contributed by atoms with E-state index in [0.29, 0.717) is 18.8 Å². The second-order valence-corrected chi connectivity index (χ2v) is 5.52. The van der Waals surface area contributed by atoms with Crippen LogP contribution in [0, 0.1) is 0 Å². The van der Waals surface area contributed by atoms with Gasteiger partial charge in [0.15, 0.2) is 0 Å². The number of carbonyl (C=O) groups is 1. The molecule has 0 fully saturated rings. The average molecular weight is 339 g/mol. The monoisotopic (exact) mass is 338 g/mol. The summed E-state index contributed by atoms with van der Waals surface area (Å²) in [6.45, 7) is 3.09. The molecule has 1 aromatic carbocycles. The normalized spacial score (nSPS) is 10.9. The number of aliphatic hydroxyl groups excluding tert-OH is 1. The van der Waals surface area contributed by atoms with Gasteiger partial charge in [0.25, 0.3) is 5.91 Å². The first-order valence-corrected chi connectivity index (χ1v) is 7.64. The number of hydrogen-bond acceptors (Lipinski definition) is 2. The molecule has 1 aromatic heterocycles. The Labute approximate surface area is 126 Å². The number of para-hydroxylation sites is 1. The lowest BCUT2D eigenvalue weighted by Gasteiger charge is -2.21. The number of unbranched alkanes of at least 4 members (excludes halogenated alkanes) is 1. The molecule has 0 aliphatic carbocycles. The van der Waals surface area contributed by atoms with Gasteiger partial charge in [-0.2, -0.15) is 0 Å². The second-order valence-electron chi connectivity index (χ2n) is 4.73. The van der Waals surface area contributed by atoms with E-state index in [1.807, 2.05) is 24.3 Å². The summed E-state index contributed by atoms with van der Waals surface area (Å²) in [4.78, 5) is 17.4. The Morgan fingerprint density at radius 1 is 1.35 bits per heavy atom. The third kappa shape index (κ3) is 3.04. The van der Waals surface area contributed by atoms with Crippen LogP contribution in [0.15, 0.2) is 28.7 Å². The minimum absolute atomic E-state index is 0.0205. The van der Waals surface area contributed by atoms with Crippen LogP contribution in [0.5, 0.6) is 0 Å². The Balaban J connectivity index is 2.30. The van der Waals surface area contributed by atoms with E-state index in [4.69, 9.17) is 5.11 Å². The summed E-state index contributed by atoms with van der Waals surface area (Å²) in [5.74, 6) is -0.0735. The number of carbonyl (C=O) groups excluding carboxylic acids is 1. The van der Waals surface area contributed by atoms with Crippen LogP contribution in [0.1, 0.15) is 30.3 Å². The second kappa shape index (κ2) is 6.90. The molecule has 0 saturated heterocycles. The number of hydrogen-bond donors (Lipinski definition) is 2. The van der Waals surface area contributed by atoms with E-state index < -0.39 is 0 Å². The summed E-state index contributed by atoms with van der Waals surface area (Å²) in [5, 5.41) is 10.1. The predicted molar refractivity (Wildman–Crippen MR) is 83.9 cm³/mol. The minimum atomic E-state index is -0.0735. The van der Waals surface area contributed by atoms with E-state index in [1.54, 1.807) is 4.90 Å². The number of rotatable bonds is 6. The number of aromatic amines is 1. The van der Waals surface area contributed by atoms with Crippen LogP contribution in [-0.4, -0.2) is 40.6 Å². The standard InChI is InChI=1S/C15H19BrN2O2/c1-2-3-8-18(9-10-19)15(20)14-13(16)11-6-4-5-7-12(11)17-14/h4-7,17,19H,2-3,8-10H2,1H3. The van der Waals surface area contributed by atoms with Gasteiger partial charge in [-0.25, -0.2) is 0 Å². The minimum Gasteiger partial charge on any atom is -0.395 e. The molecule has 0 atom stereocenters. The fraction of sp³-hybridized carbons (Fsp3) is 0.400. The first-order chi connectivity index (χ1) is 9.69. The van der Waals surface area contributed by atoms with Crippen LogP contribution < -0.4 is 0 Å². The Bertz CT molecular complexity index is 595. The van der Waals surface area contributed by atoms with Gasteiger partial charge in [-0.05, 0) is 28.4 Å². The highest BCUT2D eigenvalue weighted by Crippen LogP contribution is 2.28. The van der Waals surface area contributed by atoms with E-state index in [-0.39, 0.29) is 12.5 Å². The molecule has 4 nitrogen and oxygen atoms in total. The number of amides is 1. The lowest BCUT2D eigenvalue weighted by Crippen LogP contribution is -2.34. The molecule has 108 valence electrons. The molecule has 5 heteroatoms. The van der Waals surface area contributed by atoms with Gasteiger partial charge in [0, 0.05) is 24.0 Å². The van der Waals surface area contributed by atoms with Gasteiger partial charge in [0.05, 0.1) is 11.1 Å². The Morgan fingerprint density at radius 3 is 2.75 bits per heavy atom. The van der Waals surface area contributed by atoms with Crippen molar-refractivity contribution in [2.75, 3.05) is 19.7 Å². The van der Waals surface area contributed by atoms with Gasteiger partial charge in [0.1, 0.15) is 5.69 Å². The fourth-order valence-corrected chi connectivity index (χ4v) is 2.81. The van der Waals surface area contributed by atoms with Gasteiger partial charge in [-0.3, -0.25) is 4.79 Å². The van der Waals surface area contributed by atoms with Gasteiger partial charge in [-0.15, -0.1) is 0 Å². The topological polar surface area (TPSA) is 56.3 Å². The molecular formula is C15H19BrN2O2. The molecule has 1 heterocycles. The zero-order valence-corrected chi connectivity index (χ0v) is 13.1. The first-order valence-electron chi connectivity index (χ1n) is 6.85. The van der Waals surface area contributed by atoms with Crippen molar-refractivity contribution < 1.29 is 9.90 Å². The molecule has 0 radical (unpaired) electrons. The number of benzene rings is 1. The summed E-state index contributed by atoms with van der Waals surface area (Å²) >= 11 is 3.50. The zero-order valence-electron chi connectivity index (χ0n) is 11.5. The molecule has 0 spiro atoms. The van der Waals surface area contributed by atoms with E-state index in [2.05, 4.69) is 27.8 Å². The number of fused-ring (bicyclic) bond motifs is 1. The van der Waals surface area contributed by atoms with Crippen molar-refractivity contribution in [2.45, 2.75) is 19.8 Å². The van der Waals surface area contributed by atoms with Gasteiger partial charge in [-0.1, -0.05) is 31.5 Å². The van der Waals surface area contributed by atoms with Crippen molar-refractivity contribution in [1.82, 2.24) is 9.88 Å². The summed E-state index contributed by atoms with van der Waals surface area (Å²) in [7, 11) is 0. The molecule has 1 amide bonds. The Hall–Kier alpha value is -1.33. The maximum atomic E-state index is 12.6. The van der Waals surface area contributed by atoms with Crippen LogP contribution in [0.2, 0.25) is 0 Å². The fourth-order valence-electron chi connectivity index (χ4n) is 2.20. The molecular weight excluding hydrogens is 320 g/mol. The highest BCUT2D eigenvalue weighted by molar-refractivity contribution is 9.10. The van der Waals surface area contributed by atoms with Crippen LogP contribution in [0.3, 0.4) is 0 Å². The molecule has 2 aromatic rings. The molecule has 0 aliphatic heterocycles. The maximum absolute atomic E-state index is 12.6. The molecule has 0 bridgehead atoms. The lowest BCUT2D eigenvalue weighted by atomic mass is 10.2. The van der Waals surface area contributed by atoms with Crippen LogP contribution in [0.25, 0.3) is 10.9 Å². The summed E-state index contributed by atoms with van der Waals surface area (Å²) in [6, 6.07) is 7.79. The van der Waals surface area contributed by atoms with Crippen molar-refractivity contribution in [3.05, 3.63) is 34.4 Å². The molecule has 0 unspecified atom stereocenters. The summed E-state index contributed by atoms with van der Waals surface area (Å²) in [5.41, 5.74) is 1.48. The number of nitrogens with one attached hydrogen (secondary N) is 1. The molecule has 0 saturated carbocycles. The van der Waals surface area contributed by atoms with Crippen LogP contribution in [0.4, 0.5) is 0 Å². The lowest BCUT2D eigenvalue weighted by molar-refractivity contribution is 0.0713. The molecule has 2 N–H and O–H groups in total. The molecule has 0 aliphatic rings. The van der Waals surface area contributed by atoms with Gasteiger partial charge >= 0.3 is 0 Å². The maximum Gasteiger partial charge on any atom is 0.271 e. The summed E-state index contributed by atoms with van der Waals surface area (Å²) in [6.07, 6.45) is 1.95. The quantitative estimate of drug-likeness (QED) is 0.849. The predicted octanol–water partition coefficient (Wildman–Crippen LogP) is 3.17. The van der Waals surface area contributed by atoms with Crippen LogP contribution >= 0.6 is 15.9 Å². The van der Waals surface area contributed by atoms with Gasteiger partial charge in [0.2, 0.25) is 0 Å². The first kappa shape index (κ1) is 15.1. The van der Waals surface area contributed by atoms with E-state index in [1.165, 1.54) is 0 Å². The smallest absolute Gasteiger partial charge is 0.271 e. The average Bonchev–Trinajstić information content (AvgIpc) is 2.80. The van der Waals surface area contributed by atoms with E-state index in [0.717, 1.165) is 28.2 Å². The Morgan fingerprint density at radius 2 is 2.10 bits per heavy atom. The third-order valence-corrected chi connectivity index (χ3v) is 4.12. The van der Waals surface area contributed by atoms with E-state index >= 15 is 0 Å². The number of halogens is 1. The van der Waals surface area contributed by atoms with Gasteiger partial charge < -0.3 is 15.0 Å². The van der Waals surface area contributed by atoms with Crippen molar-refractivity contribution >= 4 is 32.7 Å². The van der Waals surface area contributed by atoms with Crippen LogP contribution in [-0.2, 0) is 0 Å². The van der Waals surface area contributed by atoms with E-state index in [9.17, 15) is 4.79 Å². The SMILES string of the molecule is CCCCN(CCO)C(=O)c1[nH]c2ccccc2c1Br. The molecule has 20 heavy (non-hydrogen) atoms.